The lowest BCUT2D eigenvalue weighted by Gasteiger charge is -2.20. The first kappa shape index (κ1) is 43.6. The molecule has 0 atom stereocenters. The van der Waals surface area contributed by atoms with Gasteiger partial charge in [0.1, 0.15) is 0 Å². The Hall–Kier alpha value is -10.8. The molecule has 7 nitrogen and oxygen atoms in total. The number of aromatic nitrogens is 6. The molecule has 0 amide bonds. The molecular formula is C71H43N7. The Morgan fingerprint density at radius 1 is 0.282 bits per heavy atom. The lowest BCUT2D eigenvalue weighted by molar-refractivity contribution is 1.09. The van der Waals surface area contributed by atoms with E-state index in [1.807, 2.05) is 54.6 Å². The molecule has 0 N–H and O–H groups in total. The number of nitrogens with zero attached hydrogens (tertiary/aromatic N) is 7. The van der Waals surface area contributed by atoms with Crippen molar-refractivity contribution in [2.24, 2.45) is 0 Å². The van der Waals surface area contributed by atoms with Gasteiger partial charge in [0, 0.05) is 71.2 Å². The molecule has 16 aromatic rings. The van der Waals surface area contributed by atoms with Gasteiger partial charge in [0.25, 0.3) is 0 Å². The van der Waals surface area contributed by atoms with Gasteiger partial charge in [0.15, 0.2) is 5.82 Å². The lowest BCUT2D eigenvalue weighted by Crippen LogP contribution is -2.06. The molecule has 0 radical (unpaired) electrons. The summed E-state index contributed by atoms with van der Waals surface area (Å²) in [6.07, 6.45) is 0. The van der Waals surface area contributed by atoms with E-state index in [2.05, 4.69) is 231 Å². The maximum absolute atomic E-state index is 11.5. The largest absolute Gasteiger partial charge is 0.309 e. The van der Waals surface area contributed by atoms with Crippen LogP contribution >= 0.6 is 0 Å². The summed E-state index contributed by atoms with van der Waals surface area (Å²) in [6.45, 7) is 0. The van der Waals surface area contributed by atoms with Gasteiger partial charge in [0.05, 0.1) is 78.5 Å². The van der Waals surface area contributed by atoms with Crippen molar-refractivity contribution in [3.63, 3.8) is 0 Å². The number of nitriles is 1. The molecule has 78 heavy (non-hydrogen) atoms. The third kappa shape index (κ3) is 6.51. The fourth-order valence-corrected chi connectivity index (χ4v) is 12.4. The fraction of sp³-hybridized carbons (Fsp3) is 0. The van der Waals surface area contributed by atoms with Gasteiger partial charge in [-0.3, -0.25) is 0 Å². The second-order valence-electron chi connectivity index (χ2n) is 20.0. The molecule has 5 heterocycles. The highest BCUT2D eigenvalue weighted by Gasteiger charge is 2.25. The summed E-state index contributed by atoms with van der Waals surface area (Å²) < 4.78 is 9.52. The van der Waals surface area contributed by atoms with Crippen molar-refractivity contribution in [3.05, 3.63) is 266 Å². The van der Waals surface area contributed by atoms with Gasteiger partial charge >= 0.3 is 0 Å². The fourth-order valence-electron chi connectivity index (χ4n) is 12.4. The van der Waals surface area contributed by atoms with E-state index >= 15 is 0 Å². The topological polar surface area (TPSA) is 69.3 Å². The Kier molecular flexibility index (Phi) is 9.56. The minimum Gasteiger partial charge on any atom is -0.309 e. The van der Waals surface area contributed by atoms with Crippen molar-refractivity contribution in [1.82, 2.24) is 28.2 Å². The van der Waals surface area contributed by atoms with E-state index in [9.17, 15) is 5.26 Å². The number of rotatable bonds is 7. The molecule has 0 aliphatic rings. The van der Waals surface area contributed by atoms with Crippen LogP contribution in [0.15, 0.2) is 261 Å². The van der Waals surface area contributed by atoms with Gasteiger partial charge < -0.3 is 18.3 Å². The van der Waals surface area contributed by atoms with Crippen LogP contribution < -0.4 is 0 Å². The van der Waals surface area contributed by atoms with Crippen molar-refractivity contribution < 1.29 is 0 Å². The summed E-state index contributed by atoms with van der Waals surface area (Å²) in [7, 11) is 0. The van der Waals surface area contributed by atoms with E-state index in [1.165, 1.54) is 21.5 Å². The Morgan fingerprint density at radius 2 is 0.628 bits per heavy atom. The van der Waals surface area contributed by atoms with Crippen LogP contribution in [0, 0.1) is 11.3 Å². The van der Waals surface area contributed by atoms with Gasteiger partial charge in [0.2, 0.25) is 0 Å². The molecule has 0 aliphatic carbocycles. The minimum atomic E-state index is 0.493. The molecule has 0 aliphatic heterocycles. The molecule has 0 unspecified atom stereocenters. The number of benzene rings is 11. The molecule has 362 valence electrons. The number of hydrogen-bond donors (Lipinski definition) is 0. The van der Waals surface area contributed by atoms with Crippen LogP contribution in [-0.2, 0) is 0 Å². The average Bonchev–Trinajstić information content (AvgIpc) is 4.44. The van der Waals surface area contributed by atoms with Crippen molar-refractivity contribution in [2.75, 3.05) is 0 Å². The third-order valence-electron chi connectivity index (χ3n) is 15.8. The zero-order valence-corrected chi connectivity index (χ0v) is 42.0. The van der Waals surface area contributed by atoms with Crippen LogP contribution in [0.2, 0.25) is 0 Å². The summed E-state index contributed by atoms with van der Waals surface area (Å²) in [5.74, 6) is 0.581. The molecule has 0 saturated heterocycles. The van der Waals surface area contributed by atoms with Gasteiger partial charge in [-0.05, 0) is 91.0 Å². The first-order chi connectivity index (χ1) is 38.7. The second kappa shape index (κ2) is 17.1. The maximum Gasteiger partial charge on any atom is 0.160 e. The highest BCUT2D eigenvalue weighted by molar-refractivity contribution is 6.15. The predicted molar refractivity (Wildman–Crippen MR) is 320 cm³/mol. The van der Waals surface area contributed by atoms with Gasteiger partial charge in [-0.2, -0.15) is 5.26 Å². The Balaban J connectivity index is 0.999. The van der Waals surface area contributed by atoms with Crippen LogP contribution in [0.4, 0.5) is 0 Å². The lowest BCUT2D eigenvalue weighted by atomic mass is 10.00. The quantitative estimate of drug-likeness (QED) is 0.160. The van der Waals surface area contributed by atoms with E-state index in [0.717, 1.165) is 105 Å². The zero-order valence-electron chi connectivity index (χ0n) is 42.0. The molecule has 16 rings (SSSR count). The minimum absolute atomic E-state index is 0.493. The van der Waals surface area contributed by atoms with E-state index in [-0.39, 0.29) is 0 Å². The molecule has 5 aromatic heterocycles. The normalized spacial score (nSPS) is 11.8. The first-order valence-corrected chi connectivity index (χ1v) is 26.3. The Bertz CT molecular complexity index is 5000. The van der Waals surface area contributed by atoms with Crippen LogP contribution in [0.1, 0.15) is 5.56 Å². The standard InChI is InChI=1S/C71H43N7/c72-44-47-39-69(77-65-33-17-11-27-54(65)57-40-48(35-37-67(57)77)75-61-29-13-7-23-50(61)51-24-8-14-30-62(51)75)70(42-56(47)60-43-59(45-19-3-1-4-20-45)73-71(74-60)46-21-5-2-6-22-46)78-66-34-18-12-28-55(66)58-41-49(36-38-68(58)78)76-63-31-15-9-25-52(63)53-26-10-16-32-64(53)76/h1-43H. The first-order valence-electron chi connectivity index (χ1n) is 26.3. The van der Waals surface area contributed by atoms with Crippen LogP contribution in [-0.4, -0.2) is 28.2 Å². The number of para-hydroxylation sites is 6. The summed E-state index contributed by atoms with van der Waals surface area (Å²) >= 11 is 0. The van der Waals surface area contributed by atoms with Crippen LogP contribution in [0.25, 0.3) is 144 Å². The van der Waals surface area contributed by atoms with Crippen molar-refractivity contribution >= 4 is 87.2 Å². The summed E-state index contributed by atoms with van der Waals surface area (Å²) in [5, 5.41) is 20.8. The van der Waals surface area contributed by atoms with Crippen molar-refractivity contribution in [3.8, 4) is 62.7 Å². The molecule has 0 bridgehead atoms. The van der Waals surface area contributed by atoms with Gasteiger partial charge in [-0.25, -0.2) is 9.97 Å². The highest BCUT2D eigenvalue weighted by atomic mass is 15.1. The van der Waals surface area contributed by atoms with Crippen LogP contribution in [0.3, 0.4) is 0 Å². The monoisotopic (exact) mass is 993 g/mol. The smallest absolute Gasteiger partial charge is 0.160 e. The molecular weight excluding hydrogens is 951 g/mol. The molecule has 0 spiro atoms. The molecule has 11 aromatic carbocycles. The predicted octanol–water partition coefficient (Wildman–Crippen LogP) is 17.7. The van der Waals surface area contributed by atoms with Crippen LogP contribution in [0.5, 0.6) is 0 Å². The highest BCUT2D eigenvalue weighted by Crippen LogP contribution is 2.44. The maximum atomic E-state index is 11.5. The Labute approximate surface area is 447 Å². The average molecular weight is 994 g/mol. The summed E-state index contributed by atoms with van der Waals surface area (Å²) in [5.41, 5.74) is 17.1. The summed E-state index contributed by atoms with van der Waals surface area (Å²) in [6, 6.07) is 95.0. The van der Waals surface area contributed by atoms with Gasteiger partial charge in [-0.1, -0.05) is 170 Å². The SMILES string of the molecule is N#Cc1cc(-n2c3ccccc3c3cc(-n4c5ccccc5c5ccccc54)ccc32)c(-n2c3ccccc3c3cc(-n4c5ccccc5c5ccccc54)ccc32)cc1-c1cc(-c2ccccc2)nc(-c2ccccc2)n1. The van der Waals surface area contributed by atoms with Crippen molar-refractivity contribution in [2.45, 2.75) is 0 Å². The number of fused-ring (bicyclic) bond motifs is 12. The van der Waals surface area contributed by atoms with E-state index in [4.69, 9.17) is 9.97 Å². The third-order valence-corrected chi connectivity index (χ3v) is 15.8. The molecule has 0 saturated carbocycles. The number of hydrogen-bond acceptors (Lipinski definition) is 3. The van der Waals surface area contributed by atoms with E-state index in [0.29, 0.717) is 22.6 Å². The molecule has 7 heteroatoms. The van der Waals surface area contributed by atoms with E-state index in [1.54, 1.807) is 0 Å². The van der Waals surface area contributed by atoms with E-state index < -0.39 is 0 Å². The van der Waals surface area contributed by atoms with Gasteiger partial charge in [-0.15, -0.1) is 0 Å². The molecule has 0 fully saturated rings. The summed E-state index contributed by atoms with van der Waals surface area (Å²) in [4.78, 5) is 10.5. The zero-order chi connectivity index (χ0) is 51.4. The second-order valence-corrected chi connectivity index (χ2v) is 20.0. The van der Waals surface area contributed by atoms with Crippen molar-refractivity contribution in [1.29, 1.82) is 5.26 Å². The Morgan fingerprint density at radius 3 is 1.06 bits per heavy atom.